The van der Waals surface area contributed by atoms with Crippen molar-refractivity contribution in [1.82, 2.24) is 4.90 Å². The molecule has 0 aromatic rings. The van der Waals surface area contributed by atoms with Gasteiger partial charge in [-0.25, -0.2) is 4.79 Å². The van der Waals surface area contributed by atoms with Crippen molar-refractivity contribution in [1.29, 1.82) is 0 Å². The number of likely N-dealkylation sites (N-methyl/N-ethyl adjacent to an activating group) is 1. The lowest BCUT2D eigenvalue weighted by Gasteiger charge is -2.19. The van der Waals surface area contributed by atoms with Gasteiger partial charge in [-0.15, -0.1) is 11.6 Å². The molecular formula is C6H10ClNO3. The van der Waals surface area contributed by atoms with Crippen molar-refractivity contribution in [3.8, 4) is 0 Å². The van der Waals surface area contributed by atoms with Gasteiger partial charge in [0, 0.05) is 7.05 Å². The Labute approximate surface area is 69.7 Å². The summed E-state index contributed by atoms with van der Waals surface area (Å²) in [5.74, 6) is -1.61. The number of halogens is 1. The molecule has 0 heterocycles. The van der Waals surface area contributed by atoms with Crippen LogP contribution in [0.25, 0.3) is 0 Å². The summed E-state index contributed by atoms with van der Waals surface area (Å²) in [4.78, 5) is 22.2. The van der Waals surface area contributed by atoms with E-state index in [1.165, 1.54) is 14.0 Å². The van der Waals surface area contributed by atoms with Gasteiger partial charge < -0.3 is 10.0 Å². The Kier molecular flexibility index (Phi) is 3.89. The molecule has 0 unspecified atom stereocenters. The van der Waals surface area contributed by atoms with Crippen molar-refractivity contribution in [2.75, 3.05) is 12.9 Å². The number of hydrogen-bond acceptors (Lipinski definition) is 2. The van der Waals surface area contributed by atoms with Gasteiger partial charge in [0.1, 0.15) is 11.9 Å². The maximum absolute atomic E-state index is 10.8. The Hall–Kier alpha value is -0.770. The summed E-state index contributed by atoms with van der Waals surface area (Å²) in [6.45, 7) is 1.42. The van der Waals surface area contributed by atoms with Gasteiger partial charge in [-0.2, -0.15) is 0 Å². The van der Waals surface area contributed by atoms with Crippen molar-refractivity contribution < 1.29 is 14.7 Å². The van der Waals surface area contributed by atoms with Crippen LogP contribution in [0.2, 0.25) is 0 Å². The highest BCUT2D eigenvalue weighted by Crippen LogP contribution is 1.97. The summed E-state index contributed by atoms with van der Waals surface area (Å²) < 4.78 is 0. The lowest BCUT2D eigenvalue weighted by atomic mass is 10.3. The number of amides is 1. The summed E-state index contributed by atoms with van der Waals surface area (Å²) in [5.41, 5.74) is 0. The molecule has 11 heavy (non-hydrogen) atoms. The van der Waals surface area contributed by atoms with E-state index in [2.05, 4.69) is 0 Å². The van der Waals surface area contributed by atoms with Crippen LogP contribution >= 0.6 is 11.6 Å². The predicted octanol–water partition coefficient (Wildman–Crippen LogP) is 0.157. The minimum Gasteiger partial charge on any atom is -0.480 e. The van der Waals surface area contributed by atoms with Gasteiger partial charge >= 0.3 is 5.97 Å². The number of aliphatic carboxylic acids is 1. The molecule has 0 bridgehead atoms. The molecule has 64 valence electrons. The summed E-state index contributed by atoms with van der Waals surface area (Å²) in [6, 6.07) is -0.818. The average Bonchev–Trinajstić information content (AvgIpc) is 2.00. The molecule has 5 heteroatoms. The van der Waals surface area contributed by atoms with Crippen molar-refractivity contribution >= 4 is 23.5 Å². The summed E-state index contributed by atoms with van der Waals surface area (Å²) in [5, 5.41) is 8.46. The van der Waals surface area contributed by atoms with Gasteiger partial charge in [0.2, 0.25) is 5.91 Å². The maximum atomic E-state index is 10.8. The number of hydrogen-bond donors (Lipinski definition) is 1. The molecule has 0 spiro atoms. The molecule has 0 fully saturated rings. The number of nitrogens with zero attached hydrogens (tertiary/aromatic N) is 1. The SMILES string of the molecule is C[C@@H](C(=O)O)N(C)C(=O)CCl. The van der Waals surface area contributed by atoms with E-state index in [1.807, 2.05) is 0 Å². The van der Waals surface area contributed by atoms with Gasteiger partial charge in [-0.3, -0.25) is 4.79 Å². The largest absolute Gasteiger partial charge is 0.480 e. The average molecular weight is 180 g/mol. The van der Waals surface area contributed by atoms with Crippen molar-refractivity contribution in [3.05, 3.63) is 0 Å². The zero-order chi connectivity index (χ0) is 9.02. The molecular weight excluding hydrogens is 170 g/mol. The molecule has 0 aromatic carbocycles. The molecule has 0 radical (unpaired) electrons. The van der Waals surface area contributed by atoms with E-state index < -0.39 is 12.0 Å². The number of carbonyl (C=O) groups is 2. The van der Waals surface area contributed by atoms with Crippen molar-refractivity contribution in [2.45, 2.75) is 13.0 Å². The molecule has 1 atom stereocenters. The summed E-state index contributed by atoms with van der Waals surface area (Å²) in [7, 11) is 1.41. The summed E-state index contributed by atoms with van der Waals surface area (Å²) in [6.07, 6.45) is 0. The van der Waals surface area contributed by atoms with Crippen LogP contribution in [0.15, 0.2) is 0 Å². The minimum absolute atomic E-state index is 0.186. The van der Waals surface area contributed by atoms with Crippen molar-refractivity contribution in [2.24, 2.45) is 0 Å². The van der Waals surface area contributed by atoms with E-state index in [1.54, 1.807) is 0 Å². The van der Waals surface area contributed by atoms with Crippen molar-refractivity contribution in [3.63, 3.8) is 0 Å². The number of rotatable bonds is 3. The van der Waals surface area contributed by atoms with Crippen LogP contribution in [0, 0.1) is 0 Å². The molecule has 0 aliphatic carbocycles. The molecule has 0 rings (SSSR count). The Balaban J connectivity index is 4.12. The highest BCUT2D eigenvalue weighted by atomic mass is 35.5. The first kappa shape index (κ1) is 10.2. The number of carboxylic acids is 1. The van der Waals surface area contributed by atoms with E-state index >= 15 is 0 Å². The first-order valence-electron chi connectivity index (χ1n) is 3.05. The fourth-order valence-corrected chi connectivity index (χ4v) is 0.664. The molecule has 0 aromatic heterocycles. The van der Waals surface area contributed by atoms with E-state index in [4.69, 9.17) is 16.7 Å². The Morgan fingerprint density at radius 2 is 2.09 bits per heavy atom. The van der Waals surface area contributed by atoms with Crippen LogP contribution in [0.4, 0.5) is 0 Å². The quantitative estimate of drug-likeness (QED) is 0.628. The lowest BCUT2D eigenvalue weighted by molar-refractivity contribution is -0.147. The van der Waals surface area contributed by atoms with Crippen LogP contribution in [0.1, 0.15) is 6.92 Å². The standard InChI is InChI=1S/C6H10ClNO3/c1-4(6(10)11)8(2)5(9)3-7/h4H,3H2,1-2H3,(H,10,11)/t4-/m0/s1. The molecule has 0 aliphatic heterocycles. The first-order valence-corrected chi connectivity index (χ1v) is 3.58. The highest BCUT2D eigenvalue weighted by molar-refractivity contribution is 6.27. The van der Waals surface area contributed by atoms with E-state index in [0.717, 1.165) is 4.90 Å². The predicted molar refractivity (Wildman–Crippen MR) is 40.6 cm³/mol. The van der Waals surface area contributed by atoms with Gasteiger partial charge in [0.05, 0.1) is 0 Å². The zero-order valence-electron chi connectivity index (χ0n) is 6.37. The topological polar surface area (TPSA) is 57.6 Å². The number of carbonyl (C=O) groups excluding carboxylic acids is 1. The molecule has 1 amide bonds. The second-order valence-electron chi connectivity index (χ2n) is 2.15. The lowest BCUT2D eigenvalue weighted by Crippen LogP contribution is -2.40. The fraction of sp³-hybridized carbons (Fsp3) is 0.667. The zero-order valence-corrected chi connectivity index (χ0v) is 7.13. The monoisotopic (exact) mass is 179 g/mol. The van der Waals surface area contributed by atoms with E-state index in [9.17, 15) is 9.59 Å². The van der Waals surface area contributed by atoms with E-state index in [0.29, 0.717) is 0 Å². The highest BCUT2D eigenvalue weighted by Gasteiger charge is 2.20. The third-order valence-electron chi connectivity index (χ3n) is 1.45. The first-order chi connectivity index (χ1) is 5.00. The third kappa shape index (κ3) is 2.76. The second-order valence-corrected chi connectivity index (χ2v) is 2.42. The van der Waals surface area contributed by atoms with Gasteiger partial charge in [-0.05, 0) is 6.92 Å². The minimum atomic E-state index is -1.04. The van der Waals surface area contributed by atoms with Crippen LogP contribution in [0.3, 0.4) is 0 Å². The smallest absolute Gasteiger partial charge is 0.326 e. The second kappa shape index (κ2) is 4.18. The van der Waals surface area contributed by atoms with Gasteiger partial charge in [0.25, 0.3) is 0 Å². The molecule has 0 aliphatic rings. The third-order valence-corrected chi connectivity index (χ3v) is 1.67. The Morgan fingerprint density at radius 1 is 1.64 bits per heavy atom. The van der Waals surface area contributed by atoms with Gasteiger partial charge in [0.15, 0.2) is 0 Å². The summed E-state index contributed by atoms with van der Waals surface area (Å²) >= 11 is 5.21. The molecule has 0 saturated heterocycles. The van der Waals surface area contributed by atoms with Gasteiger partial charge in [-0.1, -0.05) is 0 Å². The fourth-order valence-electron chi connectivity index (χ4n) is 0.476. The van der Waals surface area contributed by atoms with Crippen LogP contribution in [0.5, 0.6) is 0 Å². The number of alkyl halides is 1. The maximum Gasteiger partial charge on any atom is 0.326 e. The van der Waals surface area contributed by atoms with E-state index in [-0.39, 0.29) is 11.8 Å². The Morgan fingerprint density at radius 3 is 2.36 bits per heavy atom. The molecule has 0 saturated carbocycles. The molecule has 4 nitrogen and oxygen atoms in total. The molecule has 1 N–H and O–H groups in total. The normalized spacial score (nSPS) is 12.3. The number of carboxylic acid groups (broad SMARTS) is 1. The van der Waals surface area contributed by atoms with Crippen LogP contribution in [-0.2, 0) is 9.59 Å². The van der Waals surface area contributed by atoms with Crippen LogP contribution < -0.4 is 0 Å². The Bertz CT molecular complexity index is 171. The van der Waals surface area contributed by atoms with Crippen LogP contribution in [-0.4, -0.2) is 40.9 Å².